The largest absolute Gasteiger partial charge is 0.367 e. The molecule has 0 spiro atoms. The lowest BCUT2D eigenvalue weighted by Gasteiger charge is -2.05. The Balaban J connectivity index is 1.86. The molecule has 2 aromatic rings. The lowest BCUT2D eigenvalue weighted by Crippen LogP contribution is -2.13. The zero-order valence-corrected chi connectivity index (χ0v) is 8.83. The molecule has 0 radical (unpaired) electrons. The third-order valence-electron chi connectivity index (χ3n) is 2.44. The summed E-state index contributed by atoms with van der Waals surface area (Å²) in [6.07, 6.45) is 7.68. The molecular formula is C12H15N3. The maximum absolute atomic E-state index is 4.07. The molecule has 0 aliphatic rings. The van der Waals surface area contributed by atoms with E-state index in [-0.39, 0.29) is 0 Å². The molecular weight excluding hydrogens is 186 g/mol. The fourth-order valence-corrected chi connectivity index (χ4v) is 1.51. The van der Waals surface area contributed by atoms with Crippen LogP contribution in [0.1, 0.15) is 16.7 Å². The van der Waals surface area contributed by atoms with Crippen LogP contribution in [-0.2, 0) is 13.1 Å². The molecule has 0 aliphatic carbocycles. The van der Waals surface area contributed by atoms with E-state index in [9.17, 15) is 0 Å². The molecule has 0 unspecified atom stereocenters. The number of nitrogens with one attached hydrogen (secondary N) is 2. The molecule has 0 saturated carbocycles. The number of aromatic nitrogens is 2. The number of hydrogen-bond acceptors (Lipinski definition) is 2. The van der Waals surface area contributed by atoms with Crippen LogP contribution in [0.15, 0.2) is 36.9 Å². The van der Waals surface area contributed by atoms with Crippen molar-refractivity contribution in [3.63, 3.8) is 0 Å². The zero-order chi connectivity index (χ0) is 10.5. The average Bonchev–Trinajstić information content (AvgIpc) is 2.74. The zero-order valence-electron chi connectivity index (χ0n) is 8.83. The van der Waals surface area contributed by atoms with Gasteiger partial charge in [-0.25, -0.2) is 0 Å². The van der Waals surface area contributed by atoms with Crippen molar-refractivity contribution < 1.29 is 0 Å². The smallest absolute Gasteiger partial charge is 0.0300 e. The minimum Gasteiger partial charge on any atom is -0.367 e. The molecule has 0 bridgehead atoms. The van der Waals surface area contributed by atoms with Crippen molar-refractivity contribution in [2.45, 2.75) is 20.0 Å². The molecule has 3 nitrogen and oxygen atoms in total. The van der Waals surface area contributed by atoms with Crippen molar-refractivity contribution in [1.82, 2.24) is 15.3 Å². The molecule has 78 valence electrons. The number of aryl methyl sites for hydroxylation is 1. The average molecular weight is 201 g/mol. The van der Waals surface area contributed by atoms with Crippen LogP contribution in [0.3, 0.4) is 0 Å². The summed E-state index contributed by atoms with van der Waals surface area (Å²) >= 11 is 0. The lowest BCUT2D eigenvalue weighted by atomic mass is 10.1. The standard InChI is InChI=1S/C12H15N3/c1-10-6-13-5-3-12(10)9-15-8-11-2-4-14-7-11/h2-7,14-15H,8-9H2,1H3. The Kier molecular flexibility index (Phi) is 3.15. The molecule has 2 aromatic heterocycles. The number of aromatic amines is 1. The first kappa shape index (κ1) is 9.93. The molecule has 0 aromatic carbocycles. The second-order valence-electron chi connectivity index (χ2n) is 3.62. The van der Waals surface area contributed by atoms with E-state index < -0.39 is 0 Å². The van der Waals surface area contributed by atoms with Gasteiger partial charge >= 0.3 is 0 Å². The Hall–Kier alpha value is -1.61. The minimum absolute atomic E-state index is 0.888. The Morgan fingerprint density at radius 3 is 3.00 bits per heavy atom. The highest BCUT2D eigenvalue weighted by atomic mass is 14.9. The van der Waals surface area contributed by atoms with Gasteiger partial charge in [-0.15, -0.1) is 0 Å². The summed E-state index contributed by atoms with van der Waals surface area (Å²) in [4.78, 5) is 7.11. The SMILES string of the molecule is Cc1cnccc1CNCc1cc[nH]c1. The van der Waals surface area contributed by atoms with Gasteiger partial charge in [-0.3, -0.25) is 4.98 Å². The summed E-state index contributed by atoms with van der Waals surface area (Å²) in [5, 5.41) is 3.40. The van der Waals surface area contributed by atoms with Crippen LogP contribution in [0.2, 0.25) is 0 Å². The van der Waals surface area contributed by atoms with E-state index in [0.717, 1.165) is 13.1 Å². The highest BCUT2D eigenvalue weighted by Crippen LogP contribution is 2.04. The Bertz CT molecular complexity index is 407. The van der Waals surface area contributed by atoms with Gasteiger partial charge in [-0.1, -0.05) is 0 Å². The minimum atomic E-state index is 0.888. The summed E-state index contributed by atoms with van der Waals surface area (Å²) in [6, 6.07) is 4.13. The van der Waals surface area contributed by atoms with Gasteiger partial charge in [0, 0.05) is 37.9 Å². The van der Waals surface area contributed by atoms with Crippen LogP contribution >= 0.6 is 0 Å². The monoisotopic (exact) mass is 201 g/mol. The molecule has 2 rings (SSSR count). The first-order chi connectivity index (χ1) is 7.36. The quantitative estimate of drug-likeness (QED) is 0.794. The van der Waals surface area contributed by atoms with Gasteiger partial charge in [0.05, 0.1) is 0 Å². The third-order valence-corrected chi connectivity index (χ3v) is 2.44. The fraction of sp³-hybridized carbons (Fsp3) is 0.250. The summed E-state index contributed by atoms with van der Waals surface area (Å²) in [5.41, 5.74) is 3.82. The Labute approximate surface area is 89.6 Å². The van der Waals surface area contributed by atoms with Crippen molar-refractivity contribution in [2.75, 3.05) is 0 Å². The topological polar surface area (TPSA) is 40.7 Å². The van der Waals surface area contributed by atoms with Crippen LogP contribution in [0.5, 0.6) is 0 Å². The predicted octanol–water partition coefficient (Wildman–Crippen LogP) is 2.01. The number of rotatable bonds is 4. The van der Waals surface area contributed by atoms with Crippen molar-refractivity contribution in [1.29, 1.82) is 0 Å². The lowest BCUT2D eigenvalue weighted by molar-refractivity contribution is 0.690. The van der Waals surface area contributed by atoms with Crippen molar-refractivity contribution in [3.8, 4) is 0 Å². The highest BCUT2D eigenvalue weighted by Gasteiger charge is 1.97. The second-order valence-corrected chi connectivity index (χ2v) is 3.62. The van der Waals surface area contributed by atoms with E-state index >= 15 is 0 Å². The molecule has 0 saturated heterocycles. The van der Waals surface area contributed by atoms with E-state index in [1.54, 1.807) is 0 Å². The Morgan fingerprint density at radius 2 is 2.27 bits per heavy atom. The molecule has 15 heavy (non-hydrogen) atoms. The molecule has 3 heteroatoms. The van der Waals surface area contributed by atoms with Crippen LogP contribution in [0.4, 0.5) is 0 Å². The molecule has 0 fully saturated rings. The van der Waals surface area contributed by atoms with Crippen molar-refractivity contribution in [3.05, 3.63) is 53.6 Å². The van der Waals surface area contributed by atoms with Gasteiger partial charge in [0.15, 0.2) is 0 Å². The van der Waals surface area contributed by atoms with Gasteiger partial charge < -0.3 is 10.3 Å². The van der Waals surface area contributed by atoms with E-state index in [0.29, 0.717) is 0 Å². The van der Waals surface area contributed by atoms with E-state index in [2.05, 4.69) is 34.3 Å². The summed E-state index contributed by atoms with van der Waals surface area (Å²) < 4.78 is 0. The Morgan fingerprint density at radius 1 is 1.33 bits per heavy atom. The highest BCUT2D eigenvalue weighted by molar-refractivity contribution is 5.21. The van der Waals surface area contributed by atoms with E-state index in [1.165, 1.54) is 16.7 Å². The van der Waals surface area contributed by atoms with E-state index in [1.807, 2.05) is 24.8 Å². The van der Waals surface area contributed by atoms with Gasteiger partial charge in [0.2, 0.25) is 0 Å². The van der Waals surface area contributed by atoms with Crippen LogP contribution < -0.4 is 5.32 Å². The number of nitrogens with zero attached hydrogens (tertiary/aromatic N) is 1. The molecule has 0 amide bonds. The first-order valence-electron chi connectivity index (χ1n) is 5.08. The second kappa shape index (κ2) is 4.75. The van der Waals surface area contributed by atoms with Crippen molar-refractivity contribution in [2.24, 2.45) is 0 Å². The van der Waals surface area contributed by atoms with Gasteiger partial charge in [0.25, 0.3) is 0 Å². The van der Waals surface area contributed by atoms with Crippen molar-refractivity contribution >= 4 is 0 Å². The normalized spacial score (nSPS) is 10.5. The molecule has 0 atom stereocenters. The van der Waals surface area contributed by atoms with Gasteiger partial charge in [-0.2, -0.15) is 0 Å². The van der Waals surface area contributed by atoms with E-state index in [4.69, 9.17) is 0 Å². The predicted molar refractivity (Wildman–Crippen MR) is 60.3 cm³/mol. The van der Waals surface area contributed by atoms with Gasteiger partial charge in [0.1, 0.15) is 0 Å². The third kappa shape index (κ3) is 2.67. The number of H-pyrrole nitrogens is 1. The maximum Gasteiger partial charge on any atom is 0.0300 e. The number of hydrogen-bond donors (Lipinski definition) is 2. The molecule has 2 N–H and O–H groups in total. The van der Waals surface area contributed by atoms with Crippen LogP contribution in [0, 0.1) is 6.92 Å². The summed E-state index contributed by atoms with van der Waals surface area (Å²) in [7, 11) is 0. The number of pyridine rings is 1. The molecule has 0 aliphatic heterocycles. The van der Waals surface area contributed by atoms with Crippen LogP contribution in [-0.4, -0.2) is 9.97 Å². The first-order valence-corrected chi connectivity index (χ1v) is 5.08. The maximum atomic E-state index is 4.07. The fourth-order valence-electron chi connectivity index (χ4n) is 1.51. The summed E-state index contributed by atoms with van der Waals surface area (Å²) in [6.45, 7) is 3.87. The van der Waals surface area contributed by atoms with Gasteiger partial charge in [-0.05, 0) is 35.7 Å². The van der Waals surface area contributed by atoms with Crippen LogP contribution in [0.25, 0.3) is 0 Å². The summed E-state index contributed by atoms with van der Waals surface area (Å²) in [5.74, 6) is 0. The molecule has 2 heterocycles.